The van der Waals surface area contributed by atoms with Crippen molar-refractivity contribution in [1.29, 1.82) is 0 Å². The summed E-state index contributed by atoms with van der Waals surface area (Å²) in [5.74, 6) is -0.185. The van der Waals surface area contributed by atoms with Crippen molar-refractivity contribution in [1.82, 2.24) is 15.0 Å². The zero-order chi connectivity index (χ0) is 21.3. The van der Waals surface area contributed by atoms with Gasteiger partial charge in [0.1, 0.15) is 17.2 Å². The van der Waals surface area contributed by atoms with Gasteiger partial charge < -0.3 is 14.2 Å². The van der Waals surface area contributed by atoms with Gasteiger partial charge >= 0.3 is 5.97 Å². The summed E-state index contributed by atoms with van der Waals surface area (Å²) in [4.78, 5) is 24.3. The summed E-state index contributed by atoms with van der Waals surface area (Å²) in [7, 11) is 2.95. The van der Waals surface area contributed by atoms with E-state index >= 15 is 0 Å². The molecule has 1 heterocycles. The van der Waals surface area contributed by atoms with Crippen LogP contribution in [0.3, 0.4) is 0 Å². The van der Waals surface area contributed by atoms with E-state index in [1.807, 2.05) is 30.3 Å². The van der Waals surface area contributed by atoms with Gasteiger partial charge in [-0.2, -0.15) is 0 Å². The molecule has 1 aromatic heterocycles. The second kappa shape index (κ2) is 10.0. The maximum absolute atomic E-state index is 12.4. The minimum Gasteiger partial charge on any atom is -0.497 e. The molecule has 154 valence electrons. The number of rotatable bonds is 9. The van der Waals surface area contributed by atoms with Crippen molar-refractivity contribution in [3.05, 3.63) is 77.6 Å². The molecular weight excluding hydrogens is 386 g/mol. The molecule has 0 spiro atoms. The van der Waals surface area contributed by atoms with Crippen LogP contribution in [0.1, 0.15) is 21.6 Å². The van der Waals surface area contributed by atoms with Gasteiger partial charge in [-0.05, 0) is 29.8 Å². The first-order chi connectivity index (χ1) is 14.6. The number of ether oxygens (including phenoxy) is 3. The van der Waals surface area contributed by atoms with Gasteiger partial charge in [0.2, 0.25) is 5.78 Å². The van der Waals surface area contributed by atoms with Crippen LogP contribution in [0.25, 0.3) is 6.08 Å². The Labute approximate surface area is 173 Å². The van der Waals surface area contributed by atoms with E-state index in [1.165, 1.54) is 32.4 Å². The average Bonchev–Trinajstić information content (AvgIpc) is 3.23. The molecule has 2 aromatic carbocycles. The molecule has 0 bridgehead atoms. The largest absolute Gasteiger partial charge is 0.497 e. The highest BCUT2D eigenvalue weighted by Crippen LogP contribution is 2.24. The second-order valence-electron chi connectivity index (χ2n) is 6.26. The predicted octanol–water partition coefficient (Wildman–Crippen LogP) is 2.78. The Morgan fingerprint density at radius 1 is 1.07 bits per heavy atom. The Morgan fingerprint density at radius 2 is 1.87 bits per heavy atom. The third kappa shape index (κ3) is 5.54. The smallest absolute Gasteiger partial charge is 0.331 e. The number of carbonyl (C=O) groups is 2. The van der Waals surface area contributed by atoms with E-state index in [2.05, 4.69) is 10.3 Å². The van der Waals surface area contributed by atoms with Crippen molar-refractivity contribution in [2.75, 3.05) is 20.8 Å². The third-order valence-electron chi connectivity index (χ3n) is 4.19. The SMILES string of the molecule is COc1ccc(OC)c(C(=O)COC(=O)/C=C/c2cn(Cc3ccccc3)nn2)c1. The number of benzene rings is 2. The lowest BCUT2D eigenvalue weighted by atomic mass is 10.1. The van der Waals surface area contributed by atoms with Gasteiger partial charge in [0.25, 0.3) is 0 Å². The van der Waals surface area contributed by atoms with Crippen LogP contribution in [0.5, 0.6) is 11.5 Å². The van der Waals surface area contributed by atoms with Crippen molar-refractivity contribution in [3.8, 4) is 11.5 Å². The van der Waals surface area contributed by atoms with E-state index in [4.69, 9.17) is 14.2 Å². The minimum atomic E-state index is -0.664. The van der Waals surface area contributed by atoms with E-state index in [0.717, 1.165) is 5.56 Å². The third-order valence-corrected chi connectivity index (χ3v) is 4.19. The quantitative estimate of drug-likeness (QED) is 0.306. The van der Waals surface area contributed by atoms with Gasteiger partial charge in [-0.15, -0.1) is 5.10 Å². The molecule has 0 radical (unpaired) electrons. The van der Waals surface area contributed by atoms with Crippen LogP contribution in [0.4, 0.5) is 0 Å². The highest BCUT2D eigenvalue weighted by molar-refractivity contribution is 6.01. The molecule has 3 aromatic rings. The fraction of sp³-hybridized carbons (Fsp3) is 0.182. The Bertz CT molecular complexity index is 1040. The first-order valence-corrected chi connectivity index (χ1v) is 9.13. The molecular formula is C22H21N3O5. The van der Waals surface area contributed by atoms with Crippen molar-refractivity contribution >= 4 is 17.8 Å². The first-order valence-electron chi connectivity index (χ1n) is 9.13. The maximum Gasteiger partial charge on any atom is 0.331 e. The number of esters is 1. The molecule has 0 atom stereocenters. The molecule has 0 unspecified atom stereocenters. The number of aromatic nitrogens is 3. The molecule has 30 heavy (non-hydrogen) atoms. The zero-order valence-electron chi connectivity index (χ0n) is 16.6. The Balaban J connectivity index is 1.55. The summed E-state index contributed by atoms with van der Waals surface area (Å²) in [6.07, 6.45) is 4.39. The van der Waals surface area contributed by atoms with E-state index in [1.54, 1.807) is 23.0 Å². The van der Waals surface area contributed by atoms with Crippen molar-refractivity contribution < 1.29 is 23.8 Å². The van der Waals surface area contributed by atoms with Crippen LogP contribution >= 0.6 is 0 Å². The van der Waals surface area contributed by atoms with Gasteiger partial charge in [0.15, 0.2) is 6.61 Å². The lowest BCUT2D eigenvalue weighted by Crippen LogP contribution is -2.13. The van der Waals surface area contributed by atoms with Crippen molar-refractivity contribution in [2.24, 2.45) is 0 Å². The van der Waals surface area contributed by atoms with Gasteiger partial charge in [-0.25, -0.2) is 9.48 Å². The number of nitrogens with zero attached hydrogens (tertiary/aromatic N) is 3. The van der Waals surface area contributed by atoms with Crippen LogP contribution < -0.4 is 9.47 Å². The zero-order valence-corrected chi connectivity index (χ0v) is 16.6. The molecule has 0 N–H and O–H groups in total. The summed E-state index contributed by atoms with van der Waals surface area (Å²) >= 11 is 0. The first kappa shape index (κ1) is 20.8. The minimum absolute atomic E-state index is 0.275. The number of carbonyl (C=O) groups excluding carboxylic acids is 2. The molecule has 0 saturated carbocycles. The van der Waals surface area contributed by atoms with Gasteiger partial charge in [-0.3, -0.25) is 4.79 Å². The van der Waals surface area contributed by atoms with E-state index in [9.17, 15) is 9.59 Å². The highest BCUT2D eigenvalue weighted by atomic mass is 16.5. The van der Waals surface area contributed by atoms with Crippen LogP contribution in [-0.2, 0) is 16.1 Å². The standard InChI is InChI=1S/C22H21N3O5/c1-28-18-9-10-21(29-2)19(12-18)20(26)15-30-22(27)11-8-17-14-25(24-23-17)13-16-6-4-3-5-7-16/h3-12,14H,13,15H2,1-2H3/b11-8+. The highest BCUT2D eigenvalue weighted by Gasteiger charge is 2.15. The van der Waals surface area contributed by atoms with Crippen LogP contribution in [0.2, 0.25) is 0 Å². The van der Waals surface area contributed by atoms with E-state index in [-0.39, 0.29) is 5.56 Å². The summed E-state index contributed by atoms with van der Waals surface area (Å²) in [5.41, 5.74) is 1.87. The molecule has 0 aliphatic rings. The maximum atomic E-state index is 12.4. The number of methoxy groups -OCH3 is 2. The van der Waals surface area contributed by atoms with Crippen LogP contribution in [0.15, 0.2) is 60.8 Å². The van der Waals surface area contributed by atoms with Crippen LogP contribution in [-0.4, -0.2) is 47.6 Å². The molecule has 0 saturated heterocycles. The van der Waals surface area contributed by atoms with Crippen molar-refractivity contribution in [3.63, 3.8) is 0 Å². The number of ketones is 1. The predicted molar refractivity (Wildman–Crippen MR) is 109 cm³/mol. The number of hydrogen-bond donors (Lipinski definition) is 0. The molecule has 0 aliphatic heterocycles. The molecule has 0 aliphatic carbocycles. The fourth-order valence-electron chi connectivity index (χ4n) is 2.69. The second-order valence-corrected chi connectivity index (χ2v) is 6.26. The van der Waals surface area contributed by atoms with Gasteiger partial charge in [0.05, 0.1) is 32.5 Å². The molecule has 3 rings (SSSR count). The van der Waals surface area contributed by atoms with Crippen LogP contribution in [0, 0.1) is 0 Å². The van der Waals surface area contributed by atoms with Gasteiger partial charge in [0, 0.05) is 6.08 Å². The lowest BCUT2D eigenvalue weighted by Gasteiger charge is -2.09. The summed E-state index contributed by atoms with van der Waals surface area (Å²) in [6.45, 7) is 0.149. The molecule has 8 nitrogen and oxygen atoms in total. The Kier molecular flexibility index (Phi) is 6.94. The molecule has 0 amide bonds. The van der Waals surface area contributed by atoms with E-state index < -0.39 is 18.4 Å². The lowest BCUT2D eigenvalue weighted by molar-refractivity contribution is -0.136. The van der Waals surface area contributed by atoms with E-state index in [0.29, 0.717) is 23.7 Å². The topological polar surface area (TPSA) is 92.5 Å². The molecule has 8 heteroatoms. The summed E-state index contributed by atoms with van der Waals surface area (Å²) in [6, 6.07) is 14.7. The monoisotopic (exact) mass is 407 g/mol. The number of Topliss-reactive ketones (excluding diaryl/α,β-unsaturated/α-hetero) is 1. The summed E-state index contributed by atoms with van der Waals surface area (Å²) < 4.78 is 17.0. The number of hydrogen-bond acceptors (Lipinski definition) is 7. The normalized spacial score (nSPS) is 10.7. The van der Waals surface area contributed by atoms with Crippen molar-refractivity contribution in [2.45, 2.75) is 6.54 Å². The Morgan fingerprint density at radius 3 is 2.60 bits per heavy atom. The summed E-state index contributed by atoms with van der Waals surface area (Å²) in [5, 5.41) is 8.01. The average molecular weight is 407 g/mol. The molecule has 0 fully saturated rings. The Hall–Kier alpha value is -3.94. The van der Waals surface area contributed by atoms with Gasteiger partial charge in [-0.1, -0.05) is 35.5 Å². The fourth-order valence-corrected chi connectivity index (χ4v) is 2.69.